The molecule has 1 aromatic heterocycles. The molecular formula is C20H16F3NO2S. The van der Waals surface area contributed by atoms with Gasteiger partial charge in [0.05, 0.1) is 25.5 Å². The summed E-state index contributed by atoms with van der Waals surface area (Å²) < 4.78 is 48.9. The third kappa shape index (κ3) is 4.49. The highest BCUT2D eigenvalue weighted by Crippen LogP contribution is 2.33. The van der Waals surface area contributed by atoms with Crippen molar-refractivity contribution in [3.63, 3.8) is 0 Å². The lowest BCUT2D eigenvalue weighted by Gasteiger charge is -2.08. The van der Waals surface area contributed by atoms with Gasteiger partial charge in [0, 0.05) is 10.9 Å². The average molecular weight is 391 g/mol. The predicted molar refractivity (Wildman–Crippen MR) is 101 cm³/mol. The molecule has 2 aromatic carbocycles. The normalized spacial score (nSPS) is 11.7. The van der Waals surface area contributed by atoms with Crippen LogP contribution in [-0.4, -0.2) is 19.2 Å². The van der Waals surface area contributed by atoms with Gasteiger partial charge in [0.2, 0.25) is 0 Å². The van der Waals surface area contributed by atoms with Gasteiger partial charge in [-0.25, -0.2) is 4.98 Å². The Morgan fingerprint density at radius 3 is 2.44 bits per heavy atom. The highest BCUT2D eigenvalue weighted by Gasteiger charge is 2.30. The molecule has 0 aliphatic rings. The third-order valence-electron chi connectivity index (χ3n) is 3.83. The van der Waals surface area contributed by atoms with Crippen LogP contribution in [0.3, 0.4) is 0 Å². The summed E-state index contributed by atoms with van der Waals surface area (Å²) in [5.74, 6) is 1.23. The van der Waals surface area contributed by atoms with Gasteiger partial charge in [-0.05, 0) is 42.0 Å². The molecule has 0 aliphatic carbocycles. The monoisotopic (exact) mass is 391 g/mol. The van der Waals surface area contributed by atoms with Gasteiger partial charge in [-0.3, -0.25) is 0 Å². The lowest BCUT2D eigenvalue weighted by Crippen LogP contribution is -2.04. The van der Waals surface area contributed by atoms with Crippen LogP contribution in [0.2, 0.25) is 0 Å². The summed E-state index contributed by atoms with van der Waals surface area (Å²) in [6.07, 6.45) is -1.04. The van der Waals surface area contributed by atoms with Crippen molar-refractivity contribution in [3.05, 3.63) is 64.0 Å². The third-order valence-corrected chi connectivity index (χ3v) is 4.64. The standard InChI is InChI=1S/C20H16F3NO2S/c1-25-17-8-7-14(11-18(17)26-2)16-12-27-19(24-16)9-6-13-4-3-5-15(10-13)20(21,22)23/h3-12H,1-2H3. The Morgan fingerprint density at radius 1 is 0.963 bits per heavy atom. The molecule has 0 aliphatic heterocycles. The first-order chi connectivity index (χ1) is 12.9. The van der Waals surface area contributed by atoms with Crippen molar-refractivity contribution in [2.75, 3.05) is 14.2 Å². The molecule has 0 fully saturated rings. The Balaban J connectivity index is 1.82. The Kier molecular flexibility index (Phi) is 5.51. The molecule has 27 heavy (non-hydrogen) atoms. The van der Waals surface area contributed by atoms with E-state index in [-0.39, 0.29) is 0 Å². The quantitative estimate of drug-likeness (QED) is 0.533. The zero-order chi connectivity index (χ0) is 19.4. The van der Waals surface area contributed by atoms with Gasteiger partial charge in [0.25, 0.3) is 0 Å². The number of nitrogens with zero attached hydrogens (tertiary/aromatic N) is 1. The molecule has 3 rings (SSSR count). The predicted octanol–water partition coefficient (Wildman–Crippen LogP) is 6.02. The van der Waals surface area contributed by atoms with Gasteiger partial charge >= 0.3 is 6.18 Å². The minimum absolute atomic E-state index is 0.465. The largest absolute Gasteiger partial charge is 0.493 e. The fourth-order valence-electron chi connectivity index (χ4n) is 2.48. The molecule has 0 amide bonds. The topological polar surface area (TPSA) is 31.4 Å². The minimum atomic E-state index is -4.36. The van der Waals surface area contributed by atoms with Crippen LogP contribution in [0.1, 0.15) is 16.1 Å². The molecule has 0 bridgehead atoms. The van der Waals surface area contributed by atoms with Crippen molar-refractivity contribution in [1.29, 1.82) is 0 Å². The van der Waals surface area contributed by atoms with Crippen molar-refractivity contribution in [2.45, 2.75) is 6.18 Å². The van der Waals surface area contributed by atoms with Gasteiger partial charge in [-0.15, -0.1) is 11.3 Å². The SMILES string of the molecule is COc1ccc(-c2csc(C=Cc3cccc(C(F)(F)F)c3)n2)cc1OC. The lowest BCUT2D eigenvalue weighted by atomic mass is 10.1. The zero-order valence-electron chi connectivity index (χ0n) is 14.6. The molecule has 1 heterocycles. The Bertz CT molecular complexity index is 964. The van der Waals surface area contributed by atoms with Gasteiger partial charge in [-0.2, -0.15) is 13.2 Å². The van der Waals surface area contributed by atoms with Crippen LogP contribution < -0.4 is 9.47 Å². The number of methoxy groups -OCH3 is 2. The van der Waals surface area contributed by atoms with Crippen LogP contribution >= 0.6 is 11.3 Å². The van der Waals surface area contributed by atoms with E-state index in [2.05, 4.69) is 4.98 Å². The summed E-state index contributed by atoms with van der Waals surface area (Å²) in [6, 6.07) is 10.7. The van der Waals surface area contributed by atoms with E-state index in [0.29, 0.717) is 22.1 Å². The maximum Gasteiger partial charge on any atom is 0.416 e. The maximum atomic E-state index is 12.8. The number of hydrogen-bond acceptors (Lipinski definition) is 4. The first-order valence-corrected chi connectivity index (χ1v) is 8.82. The first-order valence-electron chi connectivity index (χ1n) is 7.94. The van der Waals surface area contributed by atoms with Crippen molar-refractivity contribution in [2.24, 2.45) is 0 Å². The molecule has 3 nitrogen and oxygen atoms in total. The van der Waals surface area contributed by atoms with E-state index in [9.17, 15) is 13.2 Å². The van der Waals surface area contributed by atoms with E-state index in [1.165, 1.54) is 17.4 Å². The second kappa shape index (κ2) is 7.84. The molecule has 0 saturated heterocycles. The van der Waals surface area contributed by atoms with E-state index in [4.69, 9.17) is 9.47 Å². The summed E-state index contributed by atoms with van der Waals surface area (Å²) in [6.45, 7) is 0. The van der Waals surface area contributed by atoms with Gasteiger partial charge in [0.15, 0.2) is 11.5 Å². The minimum Gasteiger partial charge on any atom is -0.493 e. The number of hydrogen-bond donors (Lipinski definition) is 0. The molecule has 7 heteroatoms. The molecular weight excluding hydrogens is 375 g/mol. The first kappa shape index (κ1) is 19.0. The summed E-state index contributed by atoms with van der Waals surface area (Å²) in [5, 5.41) is 2.57. The fraction of sp³-hybridized carbons (Fsp3) is 0.150. The van der Waals surface area contributed by atoms with E-state index in [1.807, 2.05) is 17.5 Å². The van der Waals surface area contributed by atoms with Crippen LogP contribution in [0.4, 0.5) is 13.2 Å². The highest BCUT2D eigenvalue weighted by molar-refractivity contribution is 7.10. The number of aromatic nitrogens is 1. The smallest absolute Gasteiger partial charge is 0.416 e. The number of halogens is 3. The van der Waals surface area contributed by atoms with Gasteiger partial charge in [0.1, 0.15) is 5.01 Å². The highest BCUT2D eigenvalue weighted by atomic mass is 32.1. The number of thiazole rings is 1. The molecule has 0 spiro atoms. The Hall–Kier alpha value is -2.80. The van der Waals surface area contributed by atoms with Crippen molar-refractivity contribution >= 4 is 23.5 Å². The fourth-order valence-corrected chi connectivity index (χ4v) is 3.20. The van der Waals surface area contributed by atoms with E-state index < -0.39 is 11.7 Å². The molecule has 140 valence electrons. The maximum absolute atomic E-state index is 12.8. The van der Waals surface area contributed by atoms with Crippen LogP contribution in [-0.2, 0) is 6.18 Å². The van der Waals surface area contributed by atoms with E-state index in [1.54, 1.807) is 38.5 Å². The van der Waals surface area contributed by atoms with Crippen molar-refractivity contribution in [1.82, 2.24) is 4.98 Å². The molecule has 0 N–H and O–H groups in total. The lowest BCUT2D eigenvalue weighted by molar-refractivity contribution is -0.137. The Labute approximate surface area is 158 Å². The Morgan fingerprint density at radius 2 is 1.74 bits per heavy atom. The molecule has 0 unspecified atom stereocenters. The van der Waals surface area contributed by atoms with Crippen LogP contribution in [0, 0.1) is 0 Å². The number of benzene rings is 2. The second-order valence-electron chi connectivity index (χ2n) is 5.60. The number of alkyl halides is 3. The summed E-state index contributed by atoms with van der Waals surface area (Å²) in [5.41, 5.74) is 1.41. The van der Waals surface area contributed by atoms with Gasteiger partial charge < -0.3 is 9.47 Å². The number of rotatable bonds is 5. The average Bonchev–Trinajstić information content (AvgIpc) is 3.14. The summed E-state index contributed by atoms with van der Waals surface area (Å²) >= 11 is 1.40. The van der Waals surface area contributed by atoms with E-state index in [0.717, 1.165) is 23.4 Å². The van der Waals surface area contributed by atoms with Crippen molar-refractivity contribution < 1.29 is 22.6 Å². The summed E-state index contributed by atoms with van der Waals surface area (Å²) in [7, 11) is 3.13. The van der Waals surface area contributed by atoms with Crippen LogP contribution in [0.5, 0.6) is 11.5 Å². The van der Waals surface area contributed by atoms with Gasteiger partial charge in [-0.1, -0.05) is 18.2 Å². The van der Waals surface area contributed by atoms with Crippen LogP contribution in [0.15, 0.2) is 47.8 Å². The van der Waals surface area contributed by atoms with E-state index >= 15 is 0 Å². The molecule has 0 saturated carbocycles. The van der Waals surface area contributed by atoms with Crippen LogP contribution in [0.25, 0.3) is 23.4 Å². The summed E-state index contributed by atoms with van der Waals surface area (Å²) in [4.78, 5) is 4.51. The second-order valence-corrected chi connectivity index (χ2v) is 6.49. The molecule has 3 aromatic rings. The van der Waals surface area contributed by atoms with Crippen molar-refractivity contribution in [3.8, 4) is 22.8 Å². The zero-order valence-corrected chi connectivity index (χ0v) is 15.4. The molecule has 0 radical (unpaired) electrons. The number of ether oxygens (including phenoxy) is 2. The molecule has 0 atom stereocenters.